The van der Waals surface area contributed by atoms with Crippen molar-refractivity contribution in [3.8, 4) is 0 Å². The van der Waals surface area contributed by atoms with Crippen molar-refractivity contribution in [1.82, 2.24) is 4.90 Å². The van der Waals surface area contributed by atoms with Crippen molar-refractivity contribution in [2.24, 2.45) is 0 Å². The highest BCUT2D eigenvalue weighted by Crippen LogP contribution is 2.24. The molecule has 5 heteroatoms. The maximum Gasteiger partial charge on any atom is 0.410 e. The van der Waals surface area contributed by atoms with Crippen LogP contribution in [0.1, 0.15) is 32.8 Å². The van der Waals surface area contributed by atoms with E-state index in [0.29, 0.717) is 19.6 Å². The van der Waals surface area contributed by atoms with Crippen LogP contribution in [0.4, 0.5) is 4.79 Å². The van der Waals surface area contributed by atoms with Crippen molar-refractivity contribution in [3.05, 3.63) is 48.0 Å². The molecular formula is C21H25NO4. The number of rotatable bonds is 4. The smallest absolute Gasteiger partial charge is 0.410 e. The second-order valence-electron chi connectivity index (χ2n) is 7.69. The number of carbonyl (C=O) groups excluding carboxylic acids is 2. The molecule has 1 amide bonds. The molecule has 0 aromatic heterocycles. The minimum atomic E-state index is -0.589. The predicted molar refractivity (Wildman–Crippen MR) is 99.9 cm³/mol. The monoisotopic (exact) mass is 355 g/mol. The molecule has 0 bridgehead atoms. The Kier molecular flexibility index (Phi) is 5.28. The van der Waals surface area contributed by atoms with Crippen molar-refractivity contribution < 1.29 is 19.1 Å². The minimum Gasteiger partial charge on any atom is -0.444 e. The fraction of sp³-hybridized carbons (Fsp3) is 0.429. The second kappa shape index (κ2) is 7.46. The topological polar surface area (TPSA) is 55.8 Å². The van der Waals surface area contributed by atoms with Gasteiger partial charge in [0, 0.05) is 6.42 Å². The Bertz CT molecular complexity index is 796. The summed E-state index contributed by atoms with van der Waals surface area (Å²) in [5.74, 6) is 0. The molecule has 0 spiro atoms. The van der Waals surface area contributed by atoms with Gasteiger partial charge in [0.2, 0.25) is 0 Å². The van der Waals surface area contributed by atoms with Gasteiger partial charge in [-0.25, -0.2) is 4.79 Å². The third-order valence-electron chi connectivity index (χ3n) is 4.39. The van der Waals surface area contributed by atoms with Gasteiger partial charge in [-0.2, -0.15) is 0 Å². The maximum absolute atomic E-state index is 12.3. The van der Waals surface area contributed by atoms with Crippen LogP contribution in [0.25, 0.3) is 10.8 Å². The molecule has 0 unspecified atom stereocenters. The highest BCUT2D eigenvalue weighted by atomic mass is 16.6. The third-order valence-corrected chi connectivity index (χ3v) is 4.39. The lowest BCUT2D eigenvalue weighted by molar-refractivity contribution is -0.111. The molecule has 2 aromatic carbocycles. The first kappa shape index (κ1) is 18.4. The fourth-order valence-corrected chi connectivity index (χ4v) is 3.15. The van der Waals surface area contributed by atoms with Crippen LogP contribution in [0, 0.1) is 0 Å². The number of nitrogens with zero attached hydrogens (tertiary/aromatic N) is 1. The van der Waals surface area contributed by atoms with E-state index in [9.17, 15) is 9.59 Å². The second-order valence-corrected chi connectivity index (χ2v) is 7.69. The number of fused-ring (bicyclic) bond motifs is 1. The first-order chi connectivity index (χ1) is 12.4. The molecule has 0 saturated carbocycles. The van der Waals surface area contributed by atoms with Crippen molar-refractivity contribution in [1.29, 1.82) is 0 Å². The summed E-state index contributed by atoms with van der Waals surface area (Å²) in [6, 6.07) is 13.9. The van der Waals surface area contributed by atoms with Gasteiger partial charge in [0.05, 0.1) is 25.3 Å². The van der Waals surface area contributed by atoms with Crippen molar-refractivity contribution in [3.63, 3.8) is 0 Å². The van der Waals surface area contributed by atoms with Crippen LogP contribution >= 0.6 is 0 Å². The fourth-order valence-electron chi connectivity index (χ4n) is 3.15. The summed E-state index contributed by atoms with van der Waals surface area (Å²) >= 11 is 0. The van der Waals surface area contributed by atoms with Crippen molar-refractivity contribution >= 4 is 23.2 Å². The summed E-state index contributed by atoms with van der Waals surface area (Å²) in [6.07, 6.45) is 0.648. The predicted octanol–water partition coefficient (Wildman–Crippen LogP) is 3.93. The number of aldehydes is 1. The third kappa shape index (κ3) is 4.41. The zero-order valence-corrected chi connectivity index (χ0v) is 15.5. The van der Waals surface area contributed by atoms with E-state index in [1.807, 2.05) is 39.0 Å². The largest absolute Gasteiger partial charge is 0.444 e. The Morgan fingerprint density at radius 3 is 2.62 bits per heavy atom. The molecule has 2 atom stereocenters. The average Bonchev–Trinajstić information content (AvgIpc) is 3.02. The van der Waals surface area contributed by atoms with E-state index < -0.39 is 17.7 Å². The summed E-state index contributed by atoms with van der Waals surface area (Å²) < 4.78 is 11.4. The number of amides is 1. The van der Waals surface area contributed by atoms with Gasteiger partial charge in [-0.15, -0.1) is 0 Å². The van der Waals surface area contributed by atoms with Crippen molar-refractivity contribution in [2.75, 3.05) is 6.54 Å². The lowest BCUT2D eigenvalue weighted by Gasteiger charge is -2.26. The molecule has 1 saturated heterocycles. The molecule has 1 aliphatic rings. The highest BCUT2D eigenvalue weighted by molar-refractivity contribution is 5.83. The Hall–Kier alpha value is -2.40. The lowest BCUT2D eigenvalue weighted by atomic mass is 10.1. The molecule has 1 fully saturated rings. The number of ether oxygens (including phenoxy) is 2. The Morgan fingerprint density at radius 1 is 1.19 bits per heavy atom. The van der Waals surface area contributed by atoms with Crippen LogP contribution in [0.3, 0.4) is 0 Å². The van der Waals surface area contributed by atoms with E-state index >= 15 is 0 Å². The molecule has 1 aliphatic heterocycles. The van der Waals surface area contributed by atoms with Gasteiger partial charge in [0.25, 0.3) is 0 Å². The van der Waals surface area contributed by atoms with E-state index in [1.165, 1.54) is 15.7 Å². The van der Waals surface area contributed by atoms with Crippen LogP contribution in [0.15, 0.2) is 42.5 Å². The SMILES string of the molecule is CC(C)(C)OC(=O)N1C[C@H](OCc2ccc3ccccc3c2)C[C@H]1C=O. The number of benzene rings is 2. The van der Waals surface area contributed by atoms with Gasteiger partial charge in [0.1, 0.15) is 11.9 Å². The van der Waals surface area contributed by atoms with Crippen LogP contribution in [0.5, 0.6) is 0 Å². The summed E-state index contributed by atoms with van der Waals surface area (Å²) in [5.41, 5.74) is 0.483. The zero-order valence-electron chi connectivity index (χ0n) is 15.5. The van der Waals surface area contributed by atoms with Crippen LogP contribution < -0.4 is 0 Å². The normalized spacial score (nSPS) is 20.3. The van der Waals surface area contributed by atoms with Crippen LogP contribution in [-0.4, -0.2) is 41.6 Å². The number of likely N-dealkylation sites (tertiary alicyclic amines) is 1. The number of carbonyl (C=O) groups is 2. The number of hydrogen-bond acceptors (Lipinski definition) is 4. The molecule has 2 aromatic rings. The molecule has 26 heavy (non-hydrogen) atoms. The van der Waals surface area contributed by atoms with E-state index in [4.69, 9.17) is 9.47 Å². The molecule has 138 valence electrons. The standard InChI is InChI=1S/C21H25NO4/c1-21(2,3)26-20(24)22-12-19(11-18(22)13-23)25-14-15-8-9-16-6-4-5-7-17(16)10-15/h4-10,13,18-19H,11-12,14H2,1-3H3/t18-,19+/m0/s1. The zero-order chi connectivity index (χ0) is 18.7. The van der Waals surface area contributed by atoms with Gasteiger partial charge in [-0.05, 0) is 43.2 Å². The van der Waals surface area contributed by atoms with Gasteiger partial charge in [-0.3, -0.25) is 4.90 Å². The molecule has 3 rings (SSSR count). The highest BCUT2D eigenvalue weighted by Gasteiger charge is 2.37. The average molecular weight is 355 g/mol. The molecule has 0 radical (unpaired) electrons. The Labute approximate surface area is 153 Å². The van der Waals surface area contributed by atoms with Crippen LogP contribution in [-0.2, 0) is 20.9 Å². The van der Waals surface area contributed by atoms with E-state index in [2.05, 4.69) is 24.3 Å². The number of hydrogen-bond donors (Lipinski definition) is 0. The summed E-state index contributed by atoms with van der Waals surface area (Å²) in [7, 11) is 0. The Balaban J connectivity index is 1.61. The van der Waals surface area contributed by atoms with Gasteiger partial charge < -0.3 is 14.3 Å². The summed E-state index contributed by atoms with van der Waals surface area (Å²) in [4.78, 5) is 25.1. The van der Waals surface area contributed by atoms with Crippen molar-refractivity contribution in [2.45, 2.75) is 51.5 Å². The first-order valence-electron chi connectivity index (χ1n) is 8.90. The Morgan fingerprint density at radius 2 is 1.92 bits per heavy atom. The molecule has 1 heterocycles. The quantitative estimate of drug-likeness (QED) is 0.780. The van der Waals surface area contributed by atoms with Crippen LogP contribution in [0.2, 0.25) is 0 Å². The van der Waals surface area contributed by atoms with Gasteiger partial charge in [0.15, 0.2) is 0 Å². The van der Waals surface area contributed by atoms with E-state index in [-0.39, 0.29) is 6.10 Å². The maximum atomic E-state index is 12.3. The molecule has 0 aliphatic carbocycles. The van der Waals surface area contributed by atoms with E-state index in [0.717, 1.165) is 11.8 Å². The lowest BCUT2D eigenvalue weighted by Crippen LogP contribution is -2.40. The first-order valence-corrected chi connectivity index (χ1v) is 8.90. The van der Waals surface area contributed by atoms with E-state index in [1.54, 1.807) is 0 Å². The van der Waals surface area contributed by atoms with Gasteiger partial charge >= 0.3 is 6.09 Å². The molecule has 0 N–H and O–H groups in total. The summed E-state index contributed by atoms with van der Waals surface area (Å²) in [6.45, 7) is 6.24. The molecule has 5 nitrogen and oxygen atoms in total. The van der Waals surface area contributed by atoms with Gasteiger partial charge in [-0.1, -0.05) is 36.4 Å². The molecular weight excluding hydrogens is 330 g/mol. The minimum absolute atomic E-state index is 0.177. The summed E-state index contributed by atoms with van der Waals surface area (Å²) in [5, 5.41) is 2.36.